The van der Waals surface area contributed by atoms with Crippen molar-refractivity contribution in [2.75, 3.05) is 13.7 Å². The molecule has 0 spiro atoms. The summed E-state index contributed by atoms with van der Waals surface area (Å²) < 4.78 is 5.77. The van der Waals surface area contributed by atoms with Gasteiger partial charge in [-0.3, -0.25) is 9.88 Å². The van der Waals surface area contributed by atoms with Crippen LogP contribution in [0.15, 0.2) is 49.2 Å². The molecule has 2 bridgehead atoms. The largest absolute Gasteiger partial charge is 0.361 e. The molecule has 5 rings (SSSR count). The number of pyridine rings is 1. The van der Waals surface area contributed by atoms with E-state index in [0.29, 0.717) is 12.0 Å². The van der Waals surface area contributed by atoms with Gasteiger partial charge in [-0.25, -0.2) is 0 Å². The molecule has 1 aromatic heterocycles. The van der Waals surface area contributed by atoms with Crippen molar-refractivity contribution in [3.63, 3.8) is 0 Å². The molecule has 0 saturated carbocycles. The third-order valence-electron chi connectivity index (χ3n) is 5.82. The zero-order chi connectivity index (χ0) is 16.7. The monoisotopic (exact) mass is 324 g/mol. The number of fused-ring (bicyclic) bond motifs is 4. The van der Waals surface area contributed by atoms with Gasteiger partial charge in [0.1, 0.15) is 0 Å². The van der Waals surface area contributed by atoms with Crippen molar-refractivity contribution in [1.82, 2.24) is 9.88 Å². The third-order valence-corrected chi connectivity index (χ3v) is 5.82. The number of ether oxygens (including phenoxy) is 1. The lowest BCUT2D eigenvalue weighted by Gasteiger charge is -2.54. The summed E-state index contributed by atoms with van der Waals surface area (Å²) in [7, 11) is 1.60. The van der Waals surface area contributed by atoms with E-state index < -0.39 is 5.79 Å². The molecule has 3 aliphatic rings. The Labute approximate surface area is 142 Å². The van der Waals surface area contributed by atoms with Crippen LogP contribution >= 0.6 is 0 Å². The summed E-state index contributed by atoms with van der Waals surface area (Å²) in [5.41, 5.74) is 1.68. The van der Waals surface area contributed by atoms with Gasteiger partial charge in [-0.1, -0.05) is 24.3 Å². The molecule has 0 amide bonds. The van der Waals surface area contributed by atoms with E-state index in [2.05, 4.69) is 16.5 Å². The predicted octanol–water partition coefficient (Wildman–Crippen LogP) is 3.07. The van der Waals surface area contributed by atoms with Crippen LogP contribution in [0.3, 0.4) is 0 Å². The van der Waals surface area contributed by atoms with Crippen molar-refractivity contribution in [2.45, 2.75) is 37.1 Å². The van der Waals surface area contributed by atoms with E-state index in [9.17, 15) is 5.11 Å². The lowest BCUT2D eigenvalue weighted by atomic mass is 9.75. The van der Waals surface area contributed by atoms with Gasteiger partial charge in [0, 0.05) is 30.3 Å². The Kier molecular flexibility index (Phi) is 3.91. The molecular weight excluding hydrogens is 300 g/mol. The van der Waals surface area contributed by atoms with Crippen LogP contribution in [0.4, 0.5) is 0 Å². The second-order valence-electron chi connectivity index (χ2n) is 6.96. The fourth-order valence-corrected chi connectivity index (χ4v) is 4.59. The van der Waals surface area contributed by atoms with Gasteiger partial charge in [0.05, 0.1) is 11.6 Å². The first-order chi connectivity index (χ1) is 11.7. The molecule has 1 aromatic carbocycles. The van der Waals surface area contributed by atoms with Gasteiger partial charge in [0.25, 0.3) is 0 Å². The first-order valence-electron chi connectivity index (χ1n) is 8.67. The normalized spacial score (nSPS) is 31.8. The smallest absolute Gasteiger partial charge is 0.208 e. The lowest BCUT2D eigenvalue weighted by molar-refractivity contribution is -0.255. The van der Waals surface area contributed by atoms with Gasteiger partial charge >= 0.3 is 0 Å². The Bertz CT molecular complexity index is 757. The van der Waals surface area contributed by atoms with E-state index in [1.165, 1.54) is 6.42 Å². The van der Waals surface area contributed by atoms with E-state index in [-0.39, 0.29) is 6.04 Å². The first-order valence-corrected chi connectivity index (χ1v) is 8.67. The van der Waals surface area contributed by atoms with E-state index in [1.807, 2.05) is 36.4 Å². The van der Waals surface area contributed by atoms with Gasteiger partial charge in [-0.05, 0) is 43.9 Å². The Hall–Kier alpha value is -1.75. The summed E-state index contributed by atoms with van der Waals surface area (Å²) in [6, 6.07) is 10.0. The van der Waals surface area contributed by atoms with Gasteiger partial charge in [0.15, 0.2) is 0 Å². The van der Waals surface area contributed by atoms with Gasteiger partial charge in [0.2, 0.25) is 5.79 Å². The standard InChI is InChI=1S/C20H24N2O2/c1-3-15-12-14-9-11-22(15)19(13-14)20(23,24-2)17-8-10-21-18-7-5-4-6-16(17)18/h3-8,10,14-15,19,23H,1,9,11-13H2,2H3/t14-,15-,19-,20?/m0/s1. The minimum absolute atomic E-state index is 0.0659. The molecule has 2 aromatic rings. The summed E-state index contributed by atoms with van der Waals surface area (Å²) in [5, 5.41) is 12.6. The Morgan fingerprint density at radius 2 is 2.17 bits per heavy atom. The zero-order valence-electron chi connectivity index (χ0n) is 14.1. The maximum Gasteiger partial charge on any atom is 0.208 e. The van der Waals surface area contributed by atoms with Crippen LogP contribution in [0.2, 0.25) is 0 Å². The van der Waals surface area contributed by atoms with Gasteiger partial charge in [-0.15, -0.1) is 6.58 Å². The highest BCUT2D eigenvalue weighted by molar-refractivity contribution is 5.82. The molecule has 4 heterocycles. The molecular formula is C20H24N2O2. The van der Waals surface area contributed by atoms with E-state index in [1.54, 1.807) is 13.3 Å². The van der Waals surface area contributed by atoms with Crippen molar-refractivity contribution < 1.29 is 9.84 Å². The fraction of sp³-hybridized carbons (Fsp3) is 0.450. The van der Waals surface area contributed by atoms with Gasteiger partial charge < -0.3 is 9.84 Å². The van der Waals surface area contributed by atoms with Crippen LogP contribution in [0.1, 0.15) is 24.8 Å². The first kappa shape index (κ1) is 15.8. The van der Waals surface area contributed by atoms with Crippen LogP contribution in [0, 0.1) is 5.92 Å². The van der Waals surface area contributed by atoms with Crippen LogP contribution in [0.25, 0.3) is 10.9 Å². The van der Waals surface area contributed by atoms with E-state index in [4.69, 9.17) is 4.74 Å². The summed E-state index contributed by atoms with van der Waals surface area (Å²) in [4.78, 5) is 6.78. The molecule has 2 unspecified atom stereocenters. The number of hydrogen-bond donors (Lipinski definition) is 1. The summed E-state index contributed by atoms with van der Waals surface area (Å²) in [6.07, 6.45) is 7.04. The molecule has 3 fully saturated rings. The minimum atomic E-state index is -1.34. The topological polar surface area (TPSA) is 45.6 Å². The highest BCUT2D eigenvalue weighted by Crippen LogP contribution is 2.45. The average molecular weight is 324 g/mol. The molecule has 3 aliphatic heterocycles. The molecule has 4 heteroatoms. The minimum Gasteiger partial charge on any atom is -0.361 e. The number of hydrogen-bond acceptors (Lipinski definition) is 4. The van der Waals surface area contributed by atoms with Crippen molar-refractivity contribution >= 4 is 10.9 Å². The summed E-state index contributed by atoms with van der Waals surface area (Å²) in [5.74, 6) is -0.721. The van der Waals surface area contributed by atoms with Crippen LogP contribution < -0.4 is 0 Å². The quantitative estimate of drug-likeness (QED) is 0.693. The molecule has 24 heavy (non-hydrogen) atoms. The molecule has 4 nitrogen and oxygen atoms in total. The second-order valence-corrected chi connectivity index (χ2v) is 6.96. The number of nitrogens with zero attached hydrogens (tertiary/aromatic N) is 2. The molecule has 0 radical (unpaired) electrons. The Balaban J connectivity index is 1.82. The maximum absolute atomic E-state index is 11.6. The molecule has 5 atom stereocenters. The third kappa shape index (κ3) is 2.29. The average Bonchev–Trinajstić information content (AvgIpc) is 2.67. The Morgan fingerprint density at radius 3 is 2.92 bits per heavy atom. The zero-order valence-corrected chi connectivity index (χ0v) is 14.1. The number of benzene rings is 1. The number of aromatic nitrogens is 1. The number of aliphatic hydroxyl groups is 1. The molecule has 3 saturated heterocycles. The predicted molar refractivity (Wildman–Crippen MR) is 94.5 cm³/mol. The van der Waals surface area contributed by atoms with Crippen molar-refractivity contribution in [1.29, 1.82) is 0 Å². The number of para-hydroxylation sites is 1. The summed E-state index contributed by atoms with van der Waals surface area (Å²) in [6.45, 7) is 4.98. The van der Waals surface area contributed by atoms with Gasteiger partial charge in [-0.2, -0.15) is 0 Å². The molecule has 1 N–H and O–H groups in total. The maximum atomic E-state index is 11.6. The fourth-order valence-electron chi connectivity index (χ4n) is 4.59. The van der Waals surface area contributed by atoms with E-state index >= 15 is 0 Å². The summed E-state index contributed by atoms with van der Waals surface area (Å²) >= 11 is 0. The SMILES string of the molecule is C=C[C@H]1C[C@@H]2CCN1[C@H](C(O)(OC)c1ccnc3ccccc13)C2. The van der Waals surface area contributed by atoms with Crippen molar-refractivity contribution in [3.8, 4) is 0 Å². The van der Waals surface area contributed by atoms with Crippen LogP contribution in [0.5, 0.6) is 0 Å². The Morgan fingerprint density at radius 1 is 1.33 bits per heavy atom. The highest BCUT2D eigenvalue weighted by Gasteiger charge is 2.50. The van der Waals surface area contributed by atoms with Crippen molar-refractivity contribution in [3.05, 3.63) is 54.7 Å². The van der Waals surface area contributed by atoms with Crippen molar-refractivity contribution in [2.24, 2.45) is 5.92 Å². The van der Waals surface area contributed by atoms with Crippen LogP contribution in [-0.2, 0) is 10.5 Å². The lowest BCUT2D eigenvalue weighted by Crippen LogP contribution is -2.62. The highest BCUT2D eigenvalue weighted by atomic mass is 16.6. The van der Waals surface area contributed by atoms with E-state index in [0.717, 1.165) is 35.9 Å². The number of piperidine rings is 3. The number of rotatable bonds is 4. The second kappa shape index (κ2) is 5.96. The molecule has 0 aliphatic carbocycles. The molecule has 126 valence electrons. The number of methoxy groups -OCH3 is 1. The van der Waals surface area contributed by atoms with Crippen LogP contribution in [-0.4, -0.2) is 40.7 Å².